The number of aromatic nitrogens is 1. The van der Waals surface area contributed by atoms with Gasteiger partial charge in [0.25, 0.3) is 0 Å². The lowest BCUT2D eigenvalue weighted by atomic mass is 10.0. The van der Waals surface area contributed by atoms with Gasteiger partial charge < -0.3 is 10.2 Å². The Morgan fingerprint density at radius 1 is 1.00 bits per heavy atom. The van der Waals surface area contributed by atoms with Gasteiger partial charge in [-0.2, -0.15) is 0 Å². The smallest absolute Gasteiger partial charge is 0.414 e. The molecule has 0 bridgehead atoms. The van der Waals surface area contributed by atoms with Gasteiger partial charge in [0.05, 0.1) is 10.6 Å². The molecule has 1 aromatic carbocycles. The molecule has 2 rings (SSSR count). The fourth-order valence-electron chi connectivity index (χ4n) is 2.08. The molecule has 0 saturated heterocycles. The van der Waals surface area contributed by atoms with Crippen LogP contribution in [0.4, 0.5) is 0 Å². The summed E-state index contributed by atoms with van der Waals surface area (Å²) in [6.07, 6.45) is 2.23. The minimum absolute atomic E-state index is 0.110. The van der Waals surface area contributed by atoms with Crippen LogP contribution in [0.2, 0.25) is 0 Å². The maximum absolute atomic E-state index is 12.3. The molecule has 0 fully saturated rings. The number of aryl methyl sites for hydroxylation is 2. The number of rotatable bonds is 5. The molecule has 7 nitrogen and oxygen atoms in total. The average Bonchev–Trinajstić information content (AvgIpc) is 2.62. The van der Waals surface area contributed by atoms with E-state index in [4.69, 9.17) is 19.8 Å². The molecular formula is C19H23NO6S. The fraction of sp³-hybridized carbons (Fsp3) is 0.316. The van der Waals surface area contributed by atoms with E-state index in [-0.39, 0.29) is 5.75 Å². The van der Waals surface area contributed by atoms with Gasteiger partial charge in [-0.05, 0) is 48.6 Å². The van der Waals surface area contributed by atoms with Gasteiger partial charge in [-0.3, -0.25) is 4.98 Å². The Morgan fingerprint density at radius 3 is 1.96 bits per heavy atom. The summed E-state index contributed by atoms with van der Waals surface area (Å²) in [5.41, 5.74) is 3.03. The van der Waals surface area contributed by atoms with E-state index in [1.165, 1.54) is 0 Å². The first-order chi connectivity index (χ1) is 12.5. The van der Waals surface area contributed by atoms with Crippen LogP contribution in [0.1, 0.15) is 36.6 Å². The van der Waals surface area contributed by atoms with E-state index in [2.05, 4.69) is 18.8 Å². The van der Waals surface area contributed by atoms with Crippen LogP contribution in [-0.2, 0) is 25.8 Å². The van der Waals surface area contributed by atoms with Crippen molar-refractivity contribution < 1.29 is 28.2 Å². The first-order valence-electron chi connectivity index (χ1n) is 8.23. The number of benzene rings is 1. The second-order valence-corrected chi connectivity index (χ2v) is 8.32. The third kappa shape index (κ3) is 7.57. The number of sulfone groups is 1. The van der Waals surface area contributed by atoms with Gasteiger partial charge in [-0.15, -0.1) is 0 Å². The van der Waals surface area contributed by atoms with Gasteiger partial charge in [-0.25, -0.2) is 18.0 Å². The highest BCUT2D eigenvalue weighted by Crippen LogP contribution is 2.18. The van der Waals surface area contributed by atoms with E-state index in [9.17, 15) is 8.42 Å². The normalized spacial score (nSPS) is 10.8. The molecule has 1 heterocycles. The summed E-state index contributed by atoms with van der Waals surface area (Å²) in [5, 5.41) is 14.8. The van der Waals surface area contributed by atoms with E-state index in [1.807, 2.05) is 31.2 Å². The first kappa shape index (κ1) is 22.3. The van der Waals surface area contributed by atoms with Crippen molar-refractivity contribution in [1.82, 2.24) is 4.98 Å². The minimum Gasteiger partial charge on any atom is -0.473 e. The van der Waals surface area contributed by atoms with E-state index < -0.39 is 21.8 Å². The maximum atomic E-state index is 12.3. The molecule has 2 aromatic rings. The van der Waals surface area contributed by atoms with Gasteiger partial charge >= 0.3 is 11.9 Å². The van der Waals surface area contributed by atoms with Crippen LogP contribution in [0.15, 0.2) is 47.5 Å². The molecule has 0 amide bonds. The first-order valence-corrected chi connectivity index (χ1v) is 9.88. The van der Waals surface area contributed by atoms with Crippen molar-refractivity contribution >= 4 is 21.8 Å². The molecule has 1 aromatic heterocycles. The molecule has 146 valence electrons. The van der Waals surface area contributed by atoms with Gasteiger partial charge in [0.2, 0.25) is 0 Å². The predicted octanol–water partition coefficient (Wildman–Crippen LogP) is 2.69. The highest BCUT2D eigenvalue weighted by atomic mass is 32.2. The zero-order chi connectivity index (χ0) is 20.6. The number of pyridine rings is 1. The molecule has 0 atom stereocenters. The standard InChI is InChI=1S/C17H21NO2S.C2H2O4/c1-13(2)16-6-8-17(9-7-16)21(19,20)11-10-15-5-4-14(3)18-12-15;3-1(4)2(5)6/h4-9,12-13H,10-11H2,1-3H3;(H,3,4)(H,5,6). The van der Waals surface area contributed by atoms with Crippen LogP contribution in [0.5, 0.6) is 0 Å². The van der Waals surface area contributed by atoms with Crippen molar-refractivity contribution in [3.8, 4) is 0 Å². The lowest BCUT2D eigenvalue weighted by Gasteiger charge is -2.08. The van der Waals surface area contributed by atoms with E-state index in [0.717, 1.165) is 16.8 Å². The molecule has 8 heteroatoms. The number of carboxylic acids is 2. The van der Waals surface area contributed by atoms with Gasteiger partial charge in [0, 0.05) is 11.9 Å². The average molecular weight is 393 g/mol. The summed E-state index contributed by atoms with van der Waals surface area (Å²) in [4.78, 5) is 22.8. The monoisotopic (exact) mass is 393 g/mol. The summed E-state index contributed by atoms with van der Waals surface area (Å²) >= 11 is 0. The lowest BCUT2D eigenvalue weighted by Crippen LogP contribution is -2.09. The molecule has 0 radical (unpaired) electrons. The van der Waals surface area contributed by atoms with Crippen LogP contribution in [0.3, 0.4) is 0 Å². The van der Waals surface area contributed by atoms with Crippen molar-refractivity contribution in [1.29, 1.82) is 0 Å². The Morgan fingerprint density at radius 2 is 1.56 bits per heavy atom. The van der Waals surface area contributed by atoms with Gasteiger partial charge in [-0.1, -0.05) is 32.0 Å². The molecule has 0 unspecified atom stereocenters. The third-order valence-corrected chi connectivity index (χ3v) is 5.45. The maximum Gasteiger partial charge on any atom is 0.414 e. The number of nitrogens with zero attached hydrogens (tertiary/aromatic N) is 1. The Hall–Kier alpha value is -2.74. The van der Waals surface area contributed by atoms with Crippen LogP contribution in [-0.4, -0.2) is 41.3 Å². The van der Waals surface area contributed by atoms with Gasteiger partial charge in [0.15, 0.2) is 9.84 Å². The number of hydrogen-bond acceptors (Lipinski definition) is 5. The van der Waals surface area contributed by atoms with Crippen molar-refractivity contribution in [3.63, 3.8) is 0 Å². The summed E-state index contributed by atoms with van der Waals surface area (Å²) in [6, 6.07) is 11.0. The third-order valence-electron chi connectivity index (χ3n) is 3.72. The molecule has 0 saturated carbocycles. The highest BCUT2D eigenvalue weighted by molar-refractivity contribution is 7.91. The summed E-state index contributed by atoms with van der Waals surface area (Å²) in [6.45, 7) is 6.10. The molecule has 0 aliphatic carbocycles. The Labute approximate surface area is 158 Å². The topological polar surface area (TPSA) is 122 Å². The Balaban J connectivity index is 0.000000527. The van der Waals surface area contributed by atoms with E-state index >= 15 is 0 Å². The molecule has 0 aliphatic rings. The number of carbonyl (C=O) groups is 2. The van der Waals surface area contributed by atoms with Crippen LogP contribution in [0, 0.1) is 6.92 Å². The minimum atomic E-state index is -3.24. The Kier molecular flexibility index (Phi) is 8.11. The number of carboxylic acid groups (broad SMARTS) is 2. The fourth-order valence-corrected chi connectivity index (χ4v) is 3.37. The zero-order valence-corrected chi connectivity index (χ0v) is 16.2. The predicted molar refractivity (Wildman–Crippen MR) is 101 cm³/mol. The zero-order valence-electron chi connectivity index (χ0n) is 15.4. The highest BCUT2D eigenvalue weighted by Gasteiger charge is 2.14. The second-order valence-electron chi connectivity index (χ2n) is 6.21. The SMILES string of the molecule is Cc1ccc(CCS(=O)(=O)c2ccc(C(C)C)cc2)cn1.O=C(O)C(=O)O. The summed E-state index contributed by atoms with van der Waals surface area (Å²) in [7, 11) is -3.24. The largest absolute Gasteiger partial charge is 0.473 e. The van der Waals surface area contributed by atoms with E-state index in [1.54, 1.807) is 18.3 Å². The lowest BCUT2D eigenvalue weighted by molar-refractivity contribution is -0.159. The van der Waals surface area contributed by atoms with Crippen molar-refractivity contribution in [2.24, 2.45) is 0 Å². The Bertz CT molecular complexity index is 859. The van der Waals surface area contributed by atoms with Gasteiger partial charge in [0.1, 0.15) is 0 Å². The summed E-state index contributed by atoms with van der Waals surface area (Å²) in [5.74, 6) is -3.14. The quantitative estimate of drug-likeness (QED) is 0.749. The molecule has 2 N–H and O–H groups in total. The van der Waals surface area contributed by atoms with Crippen LogP contribution in [0.25, 0.3) is 0 Å². The summed E-state index contributed by atoms with van der Waals surface area (Å²) < 4.78 is 24.7. The molecular weight excluding hydrogens is 370 g/mol. The number of hydrogen-bond donors (Lipinski definition) is 2. The molecule has 27 heavy (non-hydrogen) atoms. The van der Waals surface area contributed by atoms with Crippen LogP contribution >= 0.6 is 0 Å². The van der Waals surface area contributed by atoms with Crippen LogP contribution < -0.4 is 0 Å². The van der Waals surface area contributed by atoms with Crippen molar-refractivity contribution in [2.75, 3.05) is 5.75 Å². The molecule has 0 aliphatic heterocycles. The molecule has 0 spiro atoms. The number of aliphatic carboxylic acids is 2. The van der Waals surface area contributed by atoms with Crippen molar-refractivity contribution in [2.45, 2.75) is 38.0 Å². The second kappa shape index (κ2) is 9.82. The van der Waals surface area contributed by atoms with Crippen molar-refractivity contribution in [3.05, 3.63) is 59.4 Å². The van der Waals surface area contributed by atoms with E-state index in [0.29, 0.717) is 17.2 Å².